The Hall–Kier alpha value is -0.980. The lowest BCUT2D eigenvalue weighted by Gasteiger charge is -2.16. The lowest BCUT2D eigenvalue weighted by molar-refractivity contribution is 0.519. The molecule has 0 radical (unpaired) electrons. The molecule has 1 fully saturated rings. The highest BCUT2D eigenvalue weighted by atomic mass is 14.5. The third-order valence-corrected chi connectivity index (χ3v) is 3.67. The molecule has 0 saturated heterocycles. The van der Waals surface area contributed by atoms with E-state index in [0.717, 1.165) is 17.5 Å². The van der Waals surface area contributed by atoms with Crippen LogP contribution in [-0.4, -0.2) is 0 Å². The van der Waals surface area contributed by atoms with E-state index in [0.29, 0.717) is 0 Å². The van der Waals surface area contributed by atoms with Crippen molar-refractivity contribution in [2.45, 2.75) is 51.4 Å². The first-order valence-electron chi connectivity index (χ1n) is 6.66. The van der Waals surface area contributed by atoms with E-state index in [1.54, 1.807) is 0 Å². The zero-order chi connectivity index (χ0) is 11.4. The van der Waals surface area contributed by atoms with E-state index in [-0.39, 0.29) is 0 Å². The first-order valence-corrected chi connectivity index (χ1v) is 6.66. The number of hydrogen-bond acceptors (Lipinski definition) is 1. The second kappa shape index (κ2) is 5.38. The smallest absolute Gasteiger partial charge is 0.0314 e. The van der Waals surface area contributed by atoms with Crippen LogP contribution >= 0.6 is 0 Å². The number of anilines is 1. The van der Waals surface area contributed by atoms with Gasteiger partial charge in [-0.15, -0.1) is 0 Å². The summed E-state index contributed by atoms with van der Waals surface area (Å²) < 4.78 is 0. The quantitative estimate of drug-likeness (QED) is 0.556. The number of nitrogen functional groups attached to an aromatic ring is 1. The molecule has 1 nitrogen and oxygen atoms in total. The molecule has 1 aliphatic carbocycles. The van der Waals surface area contributed by atoms with Gasteiger partial charge >= 0.3 is 0 Å². The summed E-state index contributed by atoms with van der Waals surface area (Å²) >= 11 is 0. The number of nitrogens with two attached hydrogens (primary N) is 1. The number of benzene rings is 1. The Labute approximate surface area is 99.0 Å². The Morgan fingerprint density at radius 3 is 2.44 bits per heavy atom. The highest BCUT2D eigenvalue weighted by Gasteiger charge is 2.31. The predicted octanol–water partition coefficient (Wildman–Crippen LogP) is 4.34. The maximum absolute atomic E-state index is 5.74. The monoisotopic (exact) mass is 217 g/mol. The summed E-state index contributed by atoms with van der Waals surface area (Å²) in [6.07, 6.45) is 8.30. The van der Waals surface area contributed by atoms with Crippen LogP contribution < -0.4 is 5.73 Å². The van der Waals surface area contributed by atoms with Gasteiger partial charge in [0.1, 0.15) is 0 Å². The van der Waals surface area contributed by atoms with Gasteiger partial charge in [0.15, 0.2) is 0 Å². The molecule has 0 aliphatic heterocycles. The van der Waals surface area contributed by atoms with Crippen molar-refractivity contribution in [2.24, 2.45) is 5.92 Å². The minimum Gasteiger partial charge on any atom is -0.399 e. The van der Waals surface area contributed by atoms with Gasteiger partial charge in [0.05, 0.1) is 0 Å². The molecule has 1 aromatic carbocycles. The van der Waals surface area contributed by atoms with Crippen LogP contribution in [0.15, 0.2) is 24.3 Å². The Kier molecular flexibility index (Phi) is 3.87. The van der Waals surface area contributed by atoms with Crippen LogP contribution in [0.3, 0.4) is 0 Å². The van der Waals surface area contributed by atoms with Crippen molar-refractivity contribution >= 4 is 5.69 Å². The molecule has 1 atom stereocenters. The van der Waals surface area contributed by atoms with Crippen molar-refractivity contribution < 1.29 is 0 Å². The van der Waals surface area contributed by atoms with Crippen molar-refractivity contribution in [3.8, 4) is 0 Å². The average molecular weight is 217 g/mol. The molecule has 2 rings (SSSR count). The van der Waals surface area contributed by atoms with Gasteiger partial charge in [-0.3, -0.25) is 0 Å². The van der Waals surface area contributed by atoms with E-state index in [2.05, 4.69) is 19.1 Å². The van der Waals surface area contributed by atoms with E-state index in [4.69, 9.17) is 5.73 Å². The summed E-state index contributed by atoms with van der Waals surface area (Å²) in [5.41, 5.74) is 8.13. The molecule has 1 heteroatoms. The zero-order valence-corrected chi connectivity index (χ0v) is 10.3. The zero-order valence-electron chi connectivity index (χ0n) is 10.3. The standard InChI is InChI=1S/C15H23N/c1-2-3-4-5-15(12-6-7-12)13-8-10-14(16)11-9-13/h8-12,15H,2-7,16H2,1H3. The van der Waals surface area contributed by atoms with Gasteiger partial charge < -0.3 is 5.73 Å². The predicted molar refractivity (Wildman–Crippen MR) is 70.5 cm³/mol. The molecule has 1 saturated carbocycles. The molecule has 0 bridgehead atoms. The first kappa shape index (κ1) is 11.5. The molecule has 1 aliphatic rings. The van der Waals surface area contributed by atoms with Crippen molar-refractivity contribution in [1.29, 1.82) is 0 Å². The van der Waals surface area contributed by atoms with Crippen LogP contribution in [-0.2, 0) is 0 Å². The van der Waals surface area contributed by atoms with Crippen LogP contribution in [0.2, 0.25) is 0 Å². The van der Waals surface area contributed by atoms with E-state index in [9.17, 15) is 0 Å². The highest BCUT2D eigenvalue weighted by molar-refractivity contribution is 5.40. The fourth-order valence-corrected chi connectivity index (χ4v) is 2.53. The molecule has 1 unspecified atom stereocenters. The van der Waals surface area contributed by atoms with E-state index < -0.39 is 0 Å². The number of rotatable bonds is 6. The SMILES string of the molecule is CCCCCC(c1ccc(N)cc1)C1CC1. The summed E-state index contributed by atoms with van der Waals surface area (Å²) in [7, 11) is 0. The summed E-state index contributed by atoms with van der Waals surface area (Å²) in [5, 5.41) is 0. The van der Waals surface area contributed by atoms with Crippen LogP contribution in [0, 0.1) is 5.92 Å². The third-order valence-electron chi connectivity index (χ3n) is 3.67. The Morgan fingerprint density at radius 1 is 1.19 bits per heavy atom. The highest BCUT2D eigenvalue weighted by Crippen LogP contribution is 2.45. The number of unbranched alkanes of at least 4 members (excludes halogenated alkanes) is 2. The van der Waals surface area contributed by atoms with Gasteiger partial charge in [-0.05, 0) is 48.8 Å². The number of hydrogen-bond donors (Lipinski definition) is 1. The van der Waals surface area contributed by atoms with Gasteiger partial charge in [-0.2, -0.15) is 0 Å². The van der Waals surface area contributed by atoms with Gasteiger partial charge in [0, 0.05) is 5.69 Å². The molecule has 2 N–H and O–H groups in total. The molecular formula is C15H23N. The van der Waals surface area contributed by atoms with Crippen LogP contribution in [0.5, 0.6) is 0 Å². The molecular weight excluding hydrogens is 194 g/mol. The van der Waals surface area contributed by atoms with Gasteiger partial charge in [-0.25, -0.2) is 0 Å². The summed E-state index contributed by atoms with van der Waals surface area (Å²) in [6.45, 7) is 2.27. The Bertz CT molecular complexity index is 311. The van der Waals surface area contributed by atoms with Crippen molar-refractivity contribution in [3.63, 3.8) is 0 Å². The fourth-order valence-electron chi connectivity index (χ4n) is 2.53. The van der Waals surface area contributed by atoms with Crippen molar-refractivity contribution in [1.82, 2.24) is 0 Å². The maximum Gasteiger partial charge on any atom is 0.0314 e. The summed E-state index contributed by atoms with van der Waals surface area (Å²) in [5.74, 6) is 1.76. The topological polar surface area (TPSA) is 26.0 Å². The van der Waals surface area contributed by atoms with E-state index in [1.807, 2.05) is 12.1 Å². The summed E-state index contributed by atoms with van der Waals surface area (Å²) in [4.78, 5) is 0. The summed E-state index contributed by atoms with van der Waals surface area (Å²) in [6, 6.07) is 8.55. The third kappa shape index (κ3) is 3.01. The van der Waals surface area contributed by atoms with Crippen molar-refractivity contribution in [2.75, 3.05) is 5.73 Å². The van der Waals surface area contributed by atoms with Gasteiger partial charge in [-0.1, -0.05) is 38.3 Å². The largest absolute Gasteiger partial charge is 0.399 e. The molecule has 0 amide bonds. The van der Waals surface area contributed by atoms with Crippen LogP contribution in [0.25, 0.3) is 0 Å². The second-order valence-corrected chi connectivity index (χ2v) is 5.11. The molecule has 0 aromatic heterocycles. The van der Waals surface area contributed by atoms with Crippen LogP contribution in [0.1, 0.15) is 56.9 Å². The molecule has 16 heavy (non-hydrogen) atoms. The molecule has 1 aromatic rings. The lowest BCUT2D eigenvalue weighted by Crippen LogP contribution is -2.01. The molecule has 0 heterocycles. The molecule has 88 valence electrons. The first-order chi connectivity index (χ1) is 7.81. The normalized spacial score (nSPS) is 17.3. The molecule has 0 spiro atoms. The van der Waals surface area contributed by atoms with Crippen LogP contribution in [0.4, 0.5) is 5.69 Å². The maximum atomic E-state index is 5.74. The second-order valence-electron chi connectivity index (χ2n) is 5.11. The van der Waals surface area contributed by atoms with Crippen molar-refractivity contribution in [3.05, 3.63) is 29.8 Å². The van der Waals surface area contributed by atoms with E-state index >= 15 is 0 Å². The average Bonchev–Trinajstić information content (AvgIpc) is 3.10. The Balaban J connectivity index is 1.98. The fraction of sp³-hybridized carbons (Fsp3) is 0.600. The van der Waals surface area contributed by atoms with Gasteiger partial charge in [0.25, 0.3) is 0 Å². The van der Waals surface area contributed by atoms with Gasteiger partial charge in [0.2, 0.25) is 0 Å². The lowest BCUT2D eigenvalue weighted by atomic mass is 9.89. The minimum absolute atomic E-state index is 0.798. The Morgan fingerprint density at radius 2 is 1.88 bits per heavy atom. The van der Waals surface area contributed by atoms with E-state index in [1.165, 1.54) is 44.1 Å². The minimum atomic E-state index is 0.798.